The SMILES string of the molecule is Cc1ccc(NC=CC(=O)c2ccc3noc(-c4cccc(F)c4)c3c2)cc1. The number of nitrogens with zero attached hydrogens (tertiary/aromatic N) is 1. The molecule has 0 spiro atoms. The smallest absolute Gasteiger partial charge is 0.187 e. The molecule has 0 unspecified atom stereocenters. The van der Waals surface area contributed by atoms with Crippen LogP contribution in [0.3, 0.4) is 0 Å². The number of hydrogen-bond acceptors (Lipinski definition) is 4. The molecule has 4 aromatic rings. The zero-order valence-electron chi connectivity index (χ0n) is 15.1. The van der Waals surface area contributed by atoms with Crippen molar-refractivity contribution in [1.29, 1.82) is 0 Å². The van der Waals surface area contributed by atoms with E-state index >= 15 is 0 Å². The summed E-state index contributed by atoms with van der Waals surface area (Å²) in [6.45, 7) is 2.02. The van der Waals surface area contributed by atoms with Crippen LogP contribution in [0.5, 0.6) is 0 Å². The maximum atomic E-state index is 13.5. The van der Waals surface area contributed by atoms with Crippen molar-refractivity contribution < 1.29 is 13.7 Å². The molecule has 0 radical (unpaired) electrons. The Kier molecular flexibility index (Phi) is 4.72. The zero-order chi connectivity index (χ0) is 19.5. The minimum Gasteiger partial charge on any atom is -0.362 e. The molecule has 1 aromatic heterocycles. The molecule has 1 N–H and O–H groups in total. The Balaban J connectivity index is 1.58. The zero-order valence-corrected chi connectivity index (χ0v) is 15.1. The molecular formula is C23H17FN2O2. The first-order valence-corrected chi connectivity index (χ1v) is 8.79. The molecule has 3 aromatic carbocycles. The van der Waals surface area contributed by atoms with E-state index in [4.69, 9.17) is 4.52 Å². The van der Waals surface area contributed by atoms with Gasteiger partial charge in [0, 0.05) is 29.1 Å². The molecule has 0 saturated carbocycles. The third kappa shape index (κ3) is 3.69. The molecular weight excluding hydrogens is 355 g/mol. The van der Waals surface area contributed by atoms with Crippen LogP contribution in [0.4, 0.5) is 10.1 Å². The highest BCUT2D eigenvalue weighted by Gasteiger charge is 2.13. The fourth-order valence-electron chi connectivity index (χ4n) is 2.89. The van der Waals surface area contributed by atoms with E-state index in [9.17, 15) is 9.18 Å². The highest BCUT2D eigenvalue weighted by atomic mass is 19.1. The Labute approximate surface area is 161 Å². The number of fused-ring (bicyclic) bond motifs is 1. The summed E-state index contributed by atoms with van der Waals surface area (Å²) in [4.78, 5) is 12.5. The molecule has 5 heteroatoms. The quantitative estimate of drug-likeness (QED) is 0.358. The van der Waals surface area contributed by atoms with Crippen molar-refractivity contribution >= 4 is 22.4 Å². The van der Waals surface area contributed by atoms with Gasteiger partial charge in [0.15, 0.2) is 11.5 Å². The Bertz CT molecular complexity index is 1180. The van der Waals surface area contributed by atoms with Crippen LogP contribution in [-0.4, -0.2) is 10.9 Å². The van der Waals surface area contributed by atoms with Gasteiger partial charge in [0.25, 0.3) is 0 Å². The Morgan fingerprint density at radius 1 is 1.07 bits per heavy atom. The third-order valence-corrected chi connectivity index (χ3v) is 4.38. The van der Waals surface area contributed by atoms with E-state index in [1.807, 2.05) is 31.2 Å². The number of carbonyl (C=O) groups excluding carboxylic acids is 1. The number of halogens is 1. The van der Waals surface area contributed by atoms with Gasteiger partial charge in [-0.05, 0) is 49.4 Å². The number of benzene rings is 3. The first-order valence-electron chi connectivity index (χ1n) is 8.79. The lowest BCUT2D eigenvalue weighted by atomic mass is 10.0. The summed E-state index contributed by atoms with van der Waals surface area (Å²) < 4.78 is 18.9. The molecule has 1 heterocycles. The van der Waals surface area contributed by atoms with Crippen molar-refractivity contribution in [2.45, 2.75) is 6.92 Å². The number of rotatable bonds is 5. The number of ketones is 1. The van der Waals surface area contributed by atoms with Gasteiger partial charge in [-0.1, -0.05) is 35.0 Å². The van der Waals surface area contributed by atoms with E-state index in [0.717, 1.165) is 5.69 Å². The lowest BCUT2D eigenvalue weighted by Crippen LogP contribution is -1.96. The number of aromatic nitrogens is 1. The van der Waals surface area contributed by atoms with Crippen LogP contribution in [-0.2, 0) is 0 Å². The van der Waals surface area contributed by atoms with E-state index < -0.39 is 0 Å². The lowest BCUT2D eigenvalue weighted by Gasteiger charge is -2.01. The van der Waals surface area contributed by atoms with E-state index in [1.165, 1.54) is 23.8 Å². The number of nitrogens with one attached hydrogen (secondary N) is 1. The molecule has 0 aliphatic rings. The fraction of sp³-hybridized carbons (Fsp3) is 0.0435. The predicted molar refractivity (Wildman–Crippen MR) is 108 cm³/mol. The maximum Gasteiger partial charge on any atom is 0.187 e. The summed E-state index contributed by atoms with van der Waals surface area (Å²) in [5.74, 6) is -0.0850. The van der Waals surface area contributed by atoms with E-state index in [1.54, 1.807) is 36.5 Å². The molecule has 28 heavy (non-hydrogen) atoms. The molecule has 0 amide bonds. The molecule has 4 nitrogen and oxygen atoms in total. The number of hydrogen-bond donors (Lipinski definition) is 1. The highest BCUT2D eigenvalue weighted by molar-refractivity contribution is 6.07. The Hall–Kier alpha value is -3.73. The van der Waals surface area contributed by atoms with Gasteiger partial charge in [0.1, 0.15) is 11.3 Å². The van der Waals surface area contributed by atoms with Gasteiger partial charge in [-0.3, -0.25) is 4.79 Å². The van der Waals surface area contributed by atoms with Crippen LogP contribution in [0.1, 0.15) is 15.9 Å². The van der Waals surface area contributed by atoms with Gasteiger partial charge in [-0.25, -0.2) is 4.39 Å². The Morgan fingerprint density at radius 3 is 2.68 bits per heavy atom. The van der Waals surface area contributed by atoms with E-state index in [2.05, 4.69) is 10.5 Å². The molecule has 138 valence electrons. The maximum absolute atomic E-state index is 13.5. The third-order valence-electron chi connectivity index (χ3n) is 4.38. The van der Waals surface area contributed by atoms with Gasteiger partial charge in [0.05, 0.1) is 5.39 Å². The minimum atomic E-state index is -0.362. The summed E-state index contributed by atoms with van der Waals surface area (Å²) in [7, 11) is 0. The summed E-state index contributed by atoms with van der Waals surface area (Å²) in [6.07, 6.45) is 3.08. The molecule has 0 atom stereocenters. The van der Waals surface area contributed by atoms with Crippen LogP contribution < -0.4 is 5.32 Å². The fourth-order valence-corrected chi connectivity index (χ4v) is 2.89. The topological polar surface area (TPSA) is 55.1 Å². The van der Waals surface area contributed by atoms with Gasteiger partial charge in [0.2, 0.25) is 0 Å². The van der Waals surface area contributed by atoms with Crippen molar-refractivity contribution in [2.75, 3.05) is 5.32 Å². The largest absolute Gasteiger partial charge is 0.362 e. The van der Waals surface area contributed by atoms with E-state index in [0.29, 0.717) is 27.8 Å². The van der Waals surface area contributed by atoms with Gasteiger partial charge in [-0.2, -0.15) is 0 Å². The van der Waals surface area contributed by atoms with Gasteiger partial charge < -0.3 is 9.84 Å². The Morgan fingerprint density at radius 2 is 1.89 bits per heavy atom. The van der Waals surface area contributed by atoms with Crippen molar-refractivity contribution in [1.82, 2.24) is 5.16 Å². The first-order chi connectivity index (χ1) is 13.6. The second-order valence-electron chi connectivity index (χ2n) is 6.46. The summed E-state index contributed by atoms with van der Waals surface area (Å²) >= 11 is 0. The van der Waals surface area contributed by atoms with Crippen LogP contribution in [0.2, 0.25) is 0 Å². The van der Waals surface area contributed by atoms with E-state index in [-0.39, 0.29) is 11.6 Å². The number of allylic oxidation sites excluding steroid dienone is 1. The van der Waals surface area contributed by atoms with Crippen molar-refractivity contribution in [3.05, 3.63) is 96.0 Å². The number of carbonyl (C=O) groups is 1. The average Bonchev–Trinajstić information content (AvgIpc) is 3.12. The minimum absolute atomic E-state index is 0.159. The molecule has 4 rings (SSSR count). The predicted octanol–water partition coefficient (Wildman–Crippen LogP) is 5.75. The molecule has 0 bridgehead atoms. The van der Waals surface area contributed by atoms with Crippen molar-refractivity contribution in [2.24, 2.45) is 0 Å². The molecule has 0 aliphatic carbocycles. The highest BCUT2D eigenvalue weighted by Crippen LogP contribution is 2.29. The second kappa shape index (κ2) is 7.48. The second-order valence-corrected chi connectivity index (χ2v) is 6.46. The number of anilines is 1. The standard InChI is InChI=1S/C23H17FN2O2/c1-15-5-8-19(9-6-15)25-12-11-22(27)16-7-10-21-20(14-16)23(28-26-21)17-3-2-4-18(24)13-17/h2-14,25H,1H3. The average molecular weight is 372 g/mol. The monoisotopic (exact) mass is 372 g/mol. The summed E-state index contributed by atoms with van der Waals surface area (Å²) in [5, 5.41) is 7.73. The molecule has 0 aliphatic heterocycles. The van der Waals surface area contributed by atoms with Crippen LogP contribution in [0.25, 0.3) is 22.2 Å². The van der Waals surface area contributed by atoms with Crippen molar-refractivity contribution in [3.8, 4) is 11.3 Å². The number of aryl methyl sites for hydroxylation is 1. The van der Waals surface area contributed by atoms with Gasteiger partial charge in [-0.15, -0.1) is 0 Å². The van der Waals surface area contributed by atoms with Gasteiger partial charge >= 0.3 is 0 Å². The summed E-state index contributed by atoms with van der Waals surface area (Å²) in [5.41, 5.74) is 3.75. The van der Waals surface area contributed by atoms with Crippen LogP contribution in [0.15, 0.2) is 83.5 Å². The first kappa shape index (κ1) is 17.7. The summed E-state index contributed by atoms with van der Waals surface area (Å²) in [6, 6.07) is 19.1. The lowest BCUT2D eigenvalue weighted by molar-refractivity contribution is 0.104. The van der Waals surface area contributed by atoms with Crippen LogP contribution in [0, 0.1) is 12.7 Å². The normalized spacial score (nSPS) is 11.2. The van der Waals surface area contributed by atoms with Crippen LogP contribution >= 0.6 is 0 Å². The molecule has 0 fully saturated rings. The molecule has 0 saturated heterocycles. The van der Waals surface area contributed by atoms with Crippen molar-refractivity contribution in [3.63, 3.8) is 0 Å².